The fraction of sp³-hybridized carbons (Fsp3) is 0.0172. The summed E-state index contributed by atoms with van der Waals surface area (Å²) in [7, 11) is 0. The molecule has 2 heterocycles. The van der Waals surface area contributed by atoms with Crippen LogP contribution in [0.15, 0.2) is 231 Å². The highest BCUT2D eigenvalue weighted by molar-refractivity contribution is 7.26. The highest BCUT2D eigenvalue weighted by Gasteiger charge is 2.46. The summed E-state index contributed by atoms with van der Waals surface area (Å²) >= 11 is 1.86. The average Bonchev–Trinajstić information content (AvgIpc) is 3.86. The Hall–Kier alpha value is -7.59. The lowest BCUT2D eigenvalue weighted by molar-refractivity contribution is 0.769. The van der Waals surface area contributed by atoms with E-state index in [1.54, 1.807) is 0 Å². The number of hydrogen-bond donors (Lipinski definition) is 0. The Labute approximate surface area is 359 Å². The van der Waals surface area contributed by atoms with Crippen LogP contribution < -0.4 is 4.90 Å². The summed E-state index contributed by atoms with van der Waals surface area (Å²) in [5, 5.41) is 4.96. The van der Waals surface area contributed by atoms with E-state index in [0.29, 0.717) is 0 Å². The van der Waals surface area contributed by atoms with Gasteiger partial charge in [0.1, 0.15) is 0 Å². The predicted molar refractivity (Wildman–Crippen MR) is 257 cm³/mol. The van der Waals surface area contributed by atoms with Gasteiger partial charge in [-0.15, -0.1) is 11.3 Å². The lowest BCUT2D eigenvalue weighted by Gasteiger charge is -2.35. The van der Waals surface area contributed by atoms with E-state index in [1.807, 2.05) is 23.7 Å². The molecule has 0 amide bonds. The van der Waals surface area contributed by atoms with Crippen LogP contribution in [0.2, 0.25) is 0 Å². The molecule has 3 heteroatoms. The Kier molecular flexibility index (Phi) is 8.29. The van der Waals surface area contributed by atoms with Crippen LogP contribution in [0.3, 0.4) is 0 Å². The zero-order valence-corrected chi connectivity index (χ0v) is 34.1. The summed E-state index contributed by atoms with van der Waals surface area (Å²) < 4.78 is 2.53. The van der Waals surface area contributed by atoms with Gasteiger partial charge in [-0.1, -0.05) is 170 Å². The maximum Gasteiger partial charge on any atom is 0.0713 e. The number of aromatic nitrogens is 1. The third-order valence-corrected chi connectivity index (χ3v) is 13.7. The molecule has 11 aromatic rings. The molecular formula is C58H38N2S. The smallest absolute Gasteiger partial charge is 0.0713 e. The number of fused-ring (bicyclic) bond motifs is 8. The van der Waals surface area contributed by atoms with E-state index in [9.17, 15) is 0 Å². The number of hydrogen-bond acceptors (Lipinski definition) is 3. The summed E-state index contributed by atoms with van der Waals surface area (Å²) in [6.07, 6.45) is 3.87. The fourth-order valence-electron chi connectivity index (χ4n) is 9.94. The van der Waals surface area contributed by atoms with Gasteiger partial charge in [-0.2, -0.15) is 0 Å². The molecule has 9 aromatic carbocycles. The van der Waals surface area contributed by atoms with E-state index < -0.39 is 5.41 Å². The van der Waals surface area contributed by atoms with Crippen molar-refractivity contribution in [3.8, 4) is 33.4 Å². The largest absolute Gasteiger partial charge is 0.310 e. The topological polar surface area (TPSA) is 16.1 Å². The lowest BCUT2D eigenvalue weighted by atomic mass is 9.67. The maximum absolute atomic E-state index is 4.43. The number of anilines is 3. The predicted octanol–water partition coefficient (Wildman–Crippen LogP) is 15.8. The van der Waals surface area contributed by atoms with Crippen LogP contribution in [-0.4, -0.2) is 4.98 Å². The second-order valence-corrected chi connectivity index (χ2v) is 17.0. The number of nitrogens with zero attached hydrogens (tertiary/aromatic N) is 2. The number of rotatable bonds is 7. The normalized spacial score (nSPS) is 12.7. The van der Waals surface area contributed by atoms with Crippen molar-refractivity contribution in [1.29, 1.82) is 0 Å². The van der Waals surface area contributed by atoms with Gasteiger partial charge in [-0.25, -0.2) is 0 Å². The van der Waals surface area contributed by atoms with Crippen molar-refractivity contribution in [3.63, 3.8) is 0 Å². The molecule has 0 bridgehead atoms. The molecule has 0 spiro atoms. The minimum atomic E-state index is -0.521. The van der Waals surface area contributed by atoms with E-state index in [0.717, 1.165) is 22.4 Å². The summed E-state index contributed by atoms with van der Waals surface area (Å²) in [4.78, 5) is 6.91. The van der Waals surface area contributed by atoms with Crippen molar-refractivity contribution < 1.29 is 0 Å². The van der Waals surface area contributed by atoms with Gasteiger partial charge in [0.25, 0.3) is 0 Å². The molecule has 1 aliphatic rings. The van der Waals surface area contributed by atoms with Crippen LogP contribution >= 0.6 is 11.3 Å². The minimum Gasteiger partial charge on any atom is -0.310 e. The molecule has 0 unspecified atom stereocenters. The summed E-state index contributed by atoms with van der Waals surface area (Å²) in [5.41, 5.74) is 15.1. The minimum absolute atomic E-state index is 0.521. The van der Waals surface area contributed by atoms with Gasteiger partial charge in [0, 0.05) is 54.9 Å². The number of benzene rings is 9. The fourth-order valence-corrected chi connectivity index (χ4v) is 11.1. The molecule has 0 aliphatic heterocycles. The second-order valence-electron chi connectivity index (χ2n) is 15.9. The van der Waals surface area contributed by atoms with Crippen molar-refractivity contribution in [2.24, 2.45) is 0 Å². The molecular weight excluding hydrogens is 757 g/mol. The van der Waals surface area contributed by atoms with Gasteiger partial charge < -0.3 is 4.90 Å². The Morgan fingerprint density at radius 3 is 1.75 bits per heavy atom. The highest BCUT2D eigenvalue weighted by Crippen LogP contribution is 2.59. The van der Waals surface area contributed by atoms with Gasteiger partial charge in [0.15, 0.2) is 0 Å². The molecule has 0 saturated heterocycles. The van der Waals surface area contributed by atoms with Gasteiger partial charge >= 0.3 is 0 Å². The van der Waals surface area contributed by atoms with Gasteiger partial charge in [0.2, 0.25) is 0 Å². The Bertz CT molecular complexity index is 3350. The first-order chi connectivity index (χ1) is 30.3. The van der Waals surface area contributed by atoms with Gasteiger partial charge in [-0.05, 0) is 104 Å². The molecule has 61 heavy (non-hydrogen) atoms. The van der Waals surface area contributed by atoms with Crippen LogP contribution in [0.5, 0.6) is 0 Å². The second kappa shape index (κ2) is 14.3. The van der Waals surface area contributed by atoms with Crippen molar-refractivity contribution in [1.82, 2.24) is 4.98 Å². The summed E-state index contributed by atoms with van der Waals surface area (Å²) in [6, 6.07) is 80.5. The first-order valence-electron chi connectivity index (χ1n) is 20.9. The zero-order valence-electron chi connectivity index (χ0n) is 33.2. The van der Waals surface area contributed by atoms with E-state index in [-0.39, 0.29) is 0 Å². The van der Waals surface area contributed by atoms with E-state index in [1.165, 1.54) is 81.2 Å². The molecule has 0 radical (unpaired) electrons. The summed E-state index contributed by atoms with van der Waals surface area (Å²) in [6.45, 7) is 0. The highest BCUT2D eigenvalue weighted by atomic mass is 32.1. The van der Waals surface area contributed by atoms with Crippen molar-refractivity contribution in [2.45, 2.75) is 5.41 Å². The molecule has 2 nitrogen and oxygen atoms in total. The van der Waals surface area contributed by atoms with E-state index >= 15 is 0 Å². The lowest BCUT2D eigenvalue weighted by Crippen LogP contribution is -2.28. The molecule has 0 atom stereocenters. The average molecular weight is 795 g/mol. The molecule has 1 aliphatic carbocycles. The van der Waals surface area contributed by atoms with Crippen LogP contribution in [0.1, 0.15) is 22.3 Å². The van der Waals surface area contributed by atoms with E-state index in [4.69, 9.17) is 0 Å². The van der Waals surface area contributed by atoms with Crippen molar-refractivity contribution >= 4 is 59.3 Å². The molecule has 12 rings (SSSR count). The number of thiophene rings is 1. The van der Waals surface area contributed by atoms with E-state index in [2.05, 4.69) is 228 Å². The first-order valence-corrected chi connectivity index (χ1v) is 21.7. The molecule has 0 saturated carbocycles. The van der Waals surface area contributed by atoms with Crippen molar-refractivity contribution in [3.05, 3.63) is 253 Å². The van der Waals surface area contributed by atoms with Gasteiger partial charge in [0.05, 0.1) is 11.1 Å². The van der Waals surface area contributed by atoms with Gasteiger partial charge in [-0.3, -0.25) is 4.98 Å². The monoisotopic (exact) mass is 794 g/mol. The van der Waals surface area contributed by atoms with Crippen LogP contribution in [-0.2, 0) is 5.41 Å². The quantitative estimate of drug-likeness (QED) is 0.160. The zero-order chi connectivity index (χ0) is 40.3. The Morgan fingerprint density at radius 1 is 0.410 bits per heavy atom. The Morgan fingerprint density at radius 2 is 1.03 bits per heavy atom. The Balaban J connectivity index is 1.16. The van der Waals surface area contributed by atoms with Crippen LogP contribution in [0, 0.1) is 0 Å². The molecule has 0 N–H and O–H groups in total. The SMILES string of the molecule is c1ccc(-c2ccc(N(c3ccc4c(c3)sc3ccc5cnccc5c34)c3cc4c(cc3-c3ccccc3)C(c3ccccc3)(c3ccccc3)c3ccccc3-4)cc2)cc1. The van der Waals surface area contributed by atoms with Crippen molar-refractivity contribution in [2.75, 3.05) is 4.90 Å². The molecule has 2 aromatic heterocycles. The molecule has 0 fully saturated rings. The number of pyridine rings is 1. The van der Waals surface area contributed by atoms with Crippen LogP contribution in [0.4, 0.5) is 17.1 Å². The first kappa shape index (κ1) is 35.4. The maximum atomic E-state index is 4.43. The van der Waals surface area contributed by atoms with Crippen LogP contribution in [0.25, 0.3) is 64.3 Å². The summed E-state index contributed by atoms with van der Waals surface area (Å²) in [5.74, 6) is 0. The standard InChI is InChI=1S/C58H38N2S/c1-5-15-39(16-6-1)40-25-28-45(29-26-40)60(46-30-31-49-56(35-46)61-55-32-27-42-38-59-34-33-47(42)57(49)55)54-37-51-48-23-13-14-24-52(48)58(43-19-9-3-10-20-43,44-21-11-4-12-22-44)53(51)36-50(54)41-17-7-2-8-18-41/h1-38H. The third-order valence-electron chi connectivity index (χ3n) is 12.6. The third kappa shape index (κ3) is 5.59. The molecule has 286 valence electrons.